The van der Waals surface area contributed by atoms with E-state index in [4.69, 9.17) is 0 Å². The van der Waals surface area contributed by atoms with Crippen LogP contribution in [0.2, 0.25) is 0 Å². The molecule has 2 amide bonds. The Morgan fingerprint density at radius 1 is 1.03 bits per heavy atom. The van der Waals surface area contributed by atoms with E-state index < -0.39 is 5.82 Å². The summed E-state index contributed by atoms with van der Waals surface area (Å²) in [6.45, 7) is 0. The second-order valence-electron chi connectivity index (χ2n) is 8.88. The van der Waals surface area contributed by atoms with Gasteiger partial charge in [0.2, 0.25) is 5.91 Å². The van der Waals surface area contributed by atoms with Crippen molar-refractivity contribution in [1.82, 2.24) is 0 Å². The summed E-state index contributed by atoms with van der Waals surface area (Å²) in [5, 5.41) is 6.33. The Morgan fingerprint density at radius 2 is 1.86 bits per heavy atom. The van der Waals surface area contributed by atoms with E-state index in [9.17, 15) is 14.0 Å². The molecule has 1 atom stereocenters. The lowest BCUT2D eigenvalue weighted by atomic mass is 10.1. The van der Waals surface area contributed by atoms with Crippen LogP contribution in [0.5, 0.6) is 0 Å². The number of rotatable bonds is 8. The molecule has 0 aromatic heterocycles. The van der Waals surface area contributed by atoms with Crippen molar-refractivity contribution >= 4 is 40.6 Å². The first-order valence-corrected chi connectivity index (χ1v) is 13.1. The van der Waals surface area contributed by atoms with Crippen LogP contribution in [-0.4, -0.2) is 23.1 Å². The summed E-state index contributed by atoms with van der Waals surface area (Å²) in [7, 11) is 0. The number of halogens is 1. The number of nitrogens with one attached hydrogen (secondary N) is 2. The number of anilines is 3. The molecular weight excluding hydrogens is 461 g/mol. The van der Waals surface area contributed by atoms with E-state index in [0.717, 1.165) is 37.1 Å². The molecule has 0 bridgehead atoms. The lowest BCUT2D eigenvalue weighted by Gasteiger charge is -2.37. The van der Waals surface area contributed by atoms with Gasteiger partial charge in [0, 0.05) is 17.8 Å². The molecule has 2 N–H and O–H groups in total. The van der Waals surface area contributed by atoms with Gasteiger partial charge >= 0.3 is 0 Å². The van der Waals surface area contributed by atoms with Crippen molar-refractivity contribution < 1.29 is 14.0 Å². The SMILES string of the molecule is O=C(CCCCSC1Nc2cccc(F)c2C(=O)N1c1ccccc1)Nc1ccc2c(c1)CCC2. The average Bonchev–Trinajstić information content (AvgIpc) is 3.32. The van der Waals surface area contributed by atoms with E-state index >= 15 is 0 Å². The van der Waals surface area contributed by atoms with E-state index in [2.05, 4.69) is 22.8 Å². The van der Waals surface area contributed by atoms with Crippen LogP contribution in [0.4, 0.5) is 21.5 Å². The zero-order valence-corrected chi connectivity index (χ0v) is 20.2. The number of fused-ring (bicyclic) bond motifs is 2. The van der Waals surface area contributed by atoms with Gasteiger partial charge in [-0.2, -0.15) is 0 Å². The molecule has 180 valence electrons. The Morgan fingerprint density at radius 3 is 2.71 bits per heavy atom. The summed E-state index contributed by atoms with van der Waals surface area (Å²) < 4.78 is 14.5. The third kappa shape index (κ3) is 5.20. The highest BCUT2D eigenvalue weighted by Gasteiger charge is 2.35. The van der Waals surface area contributed by atoms with Crippen molar-refractivity contribution in [2.24, 2.45) is 0 Å². The third-order valence-corrected chi connectivity index (χ3v) is 7.62. The van der Waals surface area contributed by atoms with Gasteiger partial charge in [-0.05, 0) is 85.4 Å². The molecule has 1 aliphatic carbocycles. The molecule has 0 radical (unpaired) electrons. The number of hydrogen-bond acceptors (Lipinski definition) is 4. The monoisotopic (exact) mass is 489 g/mol. The quantitative estimate of drug-likeness (QED) is 0.369. The number of hydrogen-bond donors (Lipinski definition) is 2. The highest BCUT2D eigenvalue weighted by atomic mass is 32.2. The van der Waals surface area contributed by atoms with E-state index in [1.165, 1.54) is 23.6 Å². The maximum absolute atomic E-state index is 14.5. The predicted molar refractivity (Wildman–Crippen MR) is 140 cm³/mol. The summed E-state index contributed by atoms with van der Waals surface area (Å²) in [6.07, 6.45) is 5.43. The number of thioether (sulfide) groups is 1. The Kier molecular flexibility index (Phi) is 7.04. The molecule has 0 spiro atoms. The minimum absolute atomic E-state index is 0.0224. The molecule has 1 heterocycles. The van der Waals surface area contributed by atoms with Crippen LogP contribution in [0, 0.1) is 5.82 Å². The van der Waals surface area contributed by atoms with Crippen LogP contribution >= 0.6 is 11.8 Å². The standard InChI is InChI=1S/C28H28FN3O2S/c29-23-12-7-13-24-26(23)27(34)32(22-10-2-1-3-11-22)28(31-24)35-17-5-4-14-25(33)30-21-16-15-19-8-6-9-20(19)18-21/h1-3,7,10-13,15-16,18,28,31H,4-6,8-9,14,17H2,(H,30,33). The maximum atomic E-state index is 14.5. The molecule has 35 heavy (non-hydrogen) atoms. The van der Waals surface area contributed by atoms with Crippen molar-refractivity contribution in [3.8, 4) is 0 Å². The number of unbranched alkanes of at least 4 members (excludes halogenated alkanes) is 1. The van der Waals surface area contributed by atoms with Crippen molar-refractivity contribution in [3.05, 3.63) is 89.2 Å². The molecule has 3 aromatic carbocycles. The second kappa shape index (κ2) is 10.5. The number of carbonyl (C=O) groups excluding carboxylic acids is 2. The fraction of sp³-hybridized carbons (Fsp3) is 0.286. The van der Waals surface area contributed by atoms with Gasteiger partial charge in [-0.15, -0.1) is 11.8 Å². The van der Waals surface area contributed by atoms with Gasteiger partial charge in [-0.25, -0.2) is 4.39 Å². The zero-order valence-electron chi connectivity index (χ0n) is 19.4. The molecule has 5 nitrogen and oxygen atoms in total. The van der Waals surface area contributed by atoms with E-state index in [0.29, 0.717) is 17.8 Å². The topological polar surface area (TPSA) is 61.4 Å². The number of carbonyl (C=O) groups is 2. The first-order chi connectivity index (χ1) is 17.1. The van der Waals surface area contributed by atoms with E-state index in [1.807, 2.05) is 36.4 Å². The second-order valence-corrected chi connectivity index (χ2v) is 10.1. The predicted octanol–water partition coefficient (Wildman–Crippen LogP) is 6.21. The maximum Gasteiger partial charge on any atom is 0.265 e. The highest BCUT2D eigenvalue weighted by Crippen LogP contribution is 2.35. The fourth-order valence-electron chi connectivity index (χ4n) is 4.70. The summed E-state index contributed by atoms with van der Waals surface area (Å²) in [4.78, 5) is 27.3. The summed E-state index contributed by atoms with van der Waals surface area (Å²) >= 11 is 1.58. The number of amides is 2. The van der Waals surface area contributed by atoms with Gasteiger partial charge < -0.3 is 10.6 Å². The Hall–Kier alpha value is -3.32. The van der Waals surface area contributed by atoms with Gasteiger partial charge in [-0.1, -0.05) is 30.3 Å². The number of nitrogens with zero attached hydrogens (tertiary/aromatic N) is 1. The van der Waals surface area contributed by atoms with E-state index in [-0.39, 0.29) is 22.9 Å². The highest BCUT2D eigenvalue weighted by molar-refractivity contribution is 8.00. The largest absolute Gasteiger partial charge is 0.356 e. The first kappa shape index (κ1) is 23.4. The van der Waals surface area contributed by atoms with Gasteiger partial charge in [0.1, 0.15) is 5.82 Å². The smallest absolute Gasteiger partial charge is 0.265 e. The number of aryl methyl sites for hydroxylation is 2. The van der Waals surface area contributed by atoms with Crippen molar-refractivity contribution in [1.29, 1.82) is 0 Å². The third-order valence-electron chi connectivity index (χ3n) is 6.45. The van der Waals surface area contributed by atoms with Crippen LogP contribution in [0.25, 0.3) is 0 Å². The van der Waals surface area contributed by atoms with Gasteiger partial charge in [0.05, 0.1) is 11.3 Å². The zero-order chi connectivity index (χ0) is 24.2. The van der Waals surface area contributed by atoms with E-state index in [1.54, 1.807) is 28.8 Å². The molecule has 3 aromatic rings. The van der Waals surface area contributed by atoms with Gasteiger partial charge in [0.15, 0.2) is 5.50 Å². The molecule has 5 rings (SSSR count). The van der Waals surface area contributed by atoms with Crippen LogP contribution in [0.15, 0.2) is 66.7 Å². The summed E-state index contributed by atoms with van der Waals surface area (Å²) in [5.41, 5.74) is 4.54. The Bertz CT molecular complexity index is 1230. The minimum atomic E-state index is -0.529. The molecule has 0 fully saturated rings. The molecule has 0 saturated heterocycles. The first-order valence-electron chi connectivity index (χ1n) is 12.1. The number of para-hydroxylation sites is 1. The van der Waals surface area contributed by atoms with Crippen LogP contribution in [0.1, 0.15) is 47.2 Å². The number of benzene rings is 3. The Balaban J connectivity index is 1.16. The van der Waals surface area contributed by atoms with Crippen LogP contribution in [-0.2, 0) is 17.6 Å². The van der Waals surface area contributed by atoms with Crippen LogP contribution in [0.3, 0.4) is 0 Å². The lowest BCUT2D eigenvalue weighted by molar-refractivity contribution is -0.116. The summed E-state index contributed by atoms with van der Waals surface area (Å²) in [6, 6.07) is 20.2. The van der Waals surface area contributed by atoms with Crippen molar-refractivity contribution in [3.63, 3.8) is 0 Å². The normalized spacial score (nSPS) is 16.4. The molecule has 1 unspecified atom stereocenters. The molecule has 2 aliphatic rings. The molecule has 0 saturated carbocycles. The minimum Gasteiger partial charge on any atom is -0.356 e. The van der Waals surface area contributed by atoms with Crippen molar-refractivity contribution in [2.45, 2.75) is 44.0 Å². The fourth-order valence-corrected chi connectivity index (χ4v) is 5.87. The Labute approximate surface area is 209 Å². The molecular formula is C28H28FN3O2S. The summed E-state index contributed by atoms with van der Waals surface area (Å²) in [5.74, 6) is -0.104. The lowest BCUT2D eigenvalue weighted by Crippen LogP contribution is -2.47. The average molecular weight is 490 g/mol. The van der Waals surface area contributed by atoms with Crippen molar-refractivity contribution in [2.75, 3.05) is 21.3 Å². The van der Waals surface area contributed by atoms with Gasteiger partial charge in [0.25, 0.3) is 5.91 Å². The molecule has 7 heteroatoms. The van der Waals surface area contributed by atoms with Gasteiger partial charge in [-0.3, -0.25) is 14.5 Å². The molecule has 1 aliphatic heterocycles. The van der Waals surface area contributed by atoms with Crippen LogP contribution < -0.4 is 15.5 Å².